The third-order valence-electron chi connectivity index (χ3n) is 2.88. The first kappa shape index (κ1) is 10.4. The van der Waals surface area contributed by atoms with Crippen LogP contribution in [0.15, 0.2) is 30.3 Å². The van der Waals surface area contributed by atoms with Crippen LogP contribution in [0, 0.1) is 0 Å². The molecule has 80 valence electrons. The molecule has 15 heavy (non-hydrogen) atoms. The van der Waals surface area contributed by atoms with Gasteiger partial charge in [-0.2, -0.15) is 0 Å². The quantitative estimate of drug-likeness (QED) is 0.793. The number of benzene rings is 1. The third kappa shape index (κ3) is 2.46. The molecule has 1 aromatic rings. The maximum Gasteiger partial charge on any atom is 0.0233 e. The molecule has 1 aliphatic rings. The van der Waals surface area contributed by atoms with Crippen LogP contribution in [-0.2, 0) is 6.54 Å². The van der Waals surface area contributed by atoms with Crippen molar-refractivity contribution in [2.75, 3.05) is 20.1 Å². The van der Waals surface area contributed by atoms with Gasteiger partial charge in [-0.25, -0.2) is 0 Å². The molecule has 0 amide bonds. The van der Waals surface area contributed by atoms with Gasteiger partial charge < -0.3 is 10.6 Å². The zero-order chi connectivity index (χ0) is 10.7. The number of hydrogen-bond donors (Lipinski definition) is 1. The summed E-state index contributed by atoms with van der Waals surface area (Å²) in [6.45, 7) is 2.84. The summed E-state index contributed by atoms with van der Waals surface area (Å²) in [5.74, 6) is 0. The average Bonchev–Trinajstić information content (AvgIpc) is 2.29. The minimum absolute atomic E-state index is 0.622. The predicted molar refractivity (Wildman–Crippen MR) is 64.4 cm³/mol. The van der Waals surface area contributed by atoms with Gasteiger partial charge in [-0.3, -0.25) is 0 Å². The second-order valence-corrected chi connectivity index (χ2v) is 4.16. The summed E-state index contributed by atoms with van der Waals surface area (Å²) in [7, 11) is 2.17. The van der Waals surface area contributed by atoms with Crippen LogP contribution < -0.4 is 5.73 Å². The lowest BCUT2D eigenvalue weighted by Crippen LogP contribution is -2.24. The molecule has 2 rings (SSSR count). The Kier molecular flexibility index (Phi) is 3.19. The van der Waals surface area contributed by atoms with Crippen LogP contribution in [0.1, 0.15) is 17.5 Å². The Morgan fingerprint density at radius 2 is 2.27 bits per heavy atom. The predicted octanol–water partition coefficient (Wildman–Crippen LogP) is 1.86. The van der Waals surface area contributed by atoms with Gasteiger partial charge in [-0.1, -0.05) is 30.3 Å². The molecule has 1 aromatic carbocycles. The van der Waals surface area contributed by atoms with E-state index in [0.717, 1.165) is 13.0 Å². The molecule has 2 heteroatoms. The van der Waals surface area contributed by atoms with Crippen molar-refractivity contribution in [2.45, 2.75) is 13.0 Å². The minimum Gasteiger partial charge on any atom is -0.326 e. The third-order valence-corrected chi connectivity index (χ3v) is 2.88. The maximum absolute atomic E-state index is 5.65. The van der Waals surface area contributed by atoms with Gasteiger partial charge in [-0.05, 0) is 30.2 Å². The molecule has 0 atom stereocenters. The van der Waals surface area contributed by atoms with Crippen molar-refractivity contribution in [1.29, 1.82) is 0 Å². The molecule has 2 nitrogen and oxygen atoms in total. The highest BCUT2D eigenvalue weighted by Crippen LogP contribution is 2.20. The van der Waals surface area contributed by atoms with Gasteiger partial charge in [0.15, 0.2) is 0 Å². The highest BCUT2D eigenvalue weighted by Gasteiger charge is 2.10. The molecule has 0 bridgehead atoms. The lowest BCUT2D eigenvalue weighted by atomic mass is 9.99. The minimum atomic E-state index is 0.622. The highest BCUT2D eigenvalue weighted by atomic mass is 15.1. The number of rotatable bonds is 2. The molecule has 0 saturated heterocycles. The Bertz CT molecular complexity index is 369. The molecule has 2 N–H and O–H groups in total. The summed E-state index contributed by atoms with van der Waals surface area (Å²) in [5.41, 5.74) is 9.61. The molecular formula is C13H18N2. The first-order valence-electron chi connectivity index (χ1n) is 5.46. The zero-order valence-electron chi connectivity index (χ0n) is 9.24. The first-order chi connectivity index (χ1) is 7.29. The van der Waals surface area contributed by atoms with E-state index in [-0.39, 0.29) is 0 Å². The van der Waals surface area contributed by atoms with Crippen molar-refractivity contribution >= 4 is 5.57 Å². The van der Waals surface area contributed by atoms with E-state index in [1.165, 1.54) is 23.2 Å². The molecule has 0 saturated carbocycles. The Hall–Kier alpha value is -1.12. The molecule has 0 spiro atoms. The molecule has 1 aliphatic heterocycles. The van der Waals surface area contributed by atoms with E-state index >= 15 is 0 Å². The zero-order valence-corrected chi connectivity index (χ0v) is 9.24. The van der Waals surface area contributed by atoms with E-state index in [0.29, 0.717) is 6.54 Å². The molecule has 0 aromatic heterocycles. The van der Waals surface area contributed by atoms with Crippen LogP contribution in [-0.4, -0.2) is 25.0 Å². The number of hydrogen-bond acceptors (Lipinski definition) is 2. The van der Waals surface area contributed by atoms with Gasteiger partial charge in [0.25, 0.3) is 0 Å². The monoisotopic (exact) mass is 202 g/mol. The van der Waals surface area contributed by atoms with E-state index in [1.807, 2.05) is 0 Å². The van der Waals surface area contributed by atoms with Crippen molar-refractivity contribution < 1.29 is 0 Å². The van der Waals surface area contributed by atoms with Crippen LogP contribution in [0.25, 0.3) is 5.57 Å². The van der Waals surface area contributed by atoms with Gasteiger partial charge in [0.2, 0.25) is 0 Å². The molecule has 1 heterocycles. The molecular weight excluding hydrogens is 184 g/mol. The van der Waals surface area contributed by atoms with Crippen LogP contribution in [0.2, 0.25) is 0 Å². The van der Waals surface area contributed by atoms with Crippen LogP contribution >= 0.6 is 0 Å². The molecule has 0 aliphatic carbocycles. The Balaban J connectivity index is 2.24. The van der Waals surface area contributed by atoms with E-state index in [9.17, 15) is 0 Å². The summed E-state index contributed by atoms with van der Waals surface area (Å²) in [5, 5.41) is 0. The fourth-order valence-electron chi connectivity index (χ4n) is 2.00. The Morgan fingerprint density at radius 3 is 3.00 bits per heavy atom. The van der Waals surface area contributed by atoms with Gasteiger partial charge in [0.1, 0.15) is 0 Å². The van der Waals surface area contributed by atoms with Crippen molar-refractivity contribution in [3.05, 3.63) is 41.5 Å². The normalized spacial score (nSPS) is 17.6. The Morgan fingerprint density at radius 1 is 1.40 bits per heavy atom. The molecule has 0 unspecified atom stereocenters. The van der Waals surface area contributed by atoms with Gasteiger partial charge in [0.05, 0.1) is 0 Å². The van der Waals surface area contributed by atoms with Crippen molar-refractivity contribution in [2.24, 2.45) is 5.73 Å². The average molecular weight is 202 g/mol. The lowest BCUT2D eigenvalue weighted by Gasteiger charge is -2.23. The topological polar surface area (TPSA) is 29.3 Å². The lowest BCUT2D eigenvalue weighted by molar-refractivity contribution is 0.373. The number of nitrogens with zero attached hydrogens (tertiary/aromatic N) is 1. The van der Waals surface area contributed by atoms with E-state index in [2.05, 4.69) is 42.3 Å². The molecule has 0 radical (unpaired) electrons. The second kappa shape index (κ2) is 4.60. The van der Waals surface area contributed by atoms with Crippen LogP contribution in [0.4, 0.5) is 0 Å². The highest BCUT2D eigenvalue weighted by molar-refractivity contribution is 5.68. The fourth-order valence-corrected chi connectivity index (χ4v) is 2.00. The molecule has 0 fully saturated rings. The second-order valence-electron chi connectivity index (χ2n) is 4.16. The summed E-state index contributed by atoms with van der Waals surface area (Å²) in [6, 6.07) is 8.54. The first-order valence-corrected chi connectivity index (χ1v) is 5.46. The maximum atomic E-state index is 5.65. The SMILES string of the molecule is CN1CCC=C(c2cccc(CN)c2)C1. The van der Waals surface area contributed by atoms with E-state index in [1.54, 1.807) is 0 Å². The van der Waals surface area contributed by atoms with Crippen molar-refractivity contribution in [3.8, 4) is 0 Å². The Labute approximate surface area is 91.4 Å². The smallest absolute Gasteiger partial charge is 0.0233 e. The van der Waals surface area contributed by atoms with Crippen molar-refractivity contribution in [3.63, 3.8) is 0 Å². The summed E-state index contributed by atoms with van der Waals surface area (Å²) in [6.07, 6.45) is 3.49. The summed E-state index contributed by atoms with van der Waals surface area (Å²) >= 11 is 0. The van der Waals surface area contributed by atoms with Crippen LogP contribution in [0.3, 0.4) is 0 Å². The van der Waals surface area contributed by atoms with Gasteiger partial charge in [0, 0.05) is 19.6 Å². The summed E-state index contributed by atoms with van der Waals surface area (Å²) < 4.78 is 0. The van der Waals surface area contributed by atoms with E-state index < -0.39 is 0 Å². The van der Waals surface area contributed by atoms with Crippen molar-refractivity contribution in [1.82, 2.24) is 4.90 Å². The van der Waals surface area contributed by atoms with Gasteiger partial charge in [-0.15, -0.1) is 0 Å². The fraction of sp³-hybridized carbons (Fsp3) is 0.385. The largest absolute Gasteiger partial charge is 0.326 e. The van der Waals surface area contributed by atoms with E-state index in [4.69, 9.17) is 5.73 Å². The van der Waals surface area contributed by atoms with Gasteiger partial charge >= 0.3 is 0 Å². The summed E-state index contributed by atoms with van der Waals surface area (Å²) in [4.78, 5) is 2.35. The standard InChI is InChI=1S/C13H18N2/c1-15-7-3-6-13(10-15)12-5-2-4-11(8-12)9-14/h2,4-6,8H,3,7,9-10,14H2,1H3. The van der Waals surface area contributed by atoms with Crippen LogP contribution in [0.5, 0.6) is 0 Å². The number of likely N-dealkylation sites (N-methyl/N-ethyl adjacent to an activating group) is 1. The number of nitrogens with two attached hydrogens (primary N) is 1.